The van der Waals surface area contributed by atoms with Crippen LogP contribution in [-0.4, -0.2) is 35.4 Å². The lowest BCUT2D eigenvalue weighted by atomic mass is 9.93. The smallest absolute Gasteiger partial charge is 0.167 e. The molecular formula is C21H25N3O3S. The second kappa shape index (κ2) is 6.08. The van der Waals surface area contributed by atoms with Crippen molar-refractivity contribution in [3.8, 4) is 11.8 Å². The minimum atomic E-state index is -3.39. The topological polar surface area (TPSA) is 96.1 Å². The molecule has 1 aliphatic heterocycles. The van der Waals surface area contributed by atoms with Crippen LogP contribution in [-0.2, 0) is 16.3 Å². The van der Waals surface area contributed by atoms with Gasteiger partial charge in [0.2, 0.25) is 0 Å². The summed E-state index contributed by atoms with van der Waals surface area (Å²) < 4.78 is 29.8. The molecule has 0 amide bonds. The molecule has 1 aromatic carbocycles. The fourth-order valence-electron chi connectivity index (χ4n) is 4.26. The molecule has 0 radical (unpaired) electrons. The average molecular weight is 400 g/mol. The van der Waals surface area contributed by atoms with Gasteiger partial charge in [-0.15, -0.1) is 5.92 Å². The second-order valence-corrected chi connectivity index (χ2v) is 11.2. The van der Waals surface area contributed by atoms with Gasteiger partial charge in [0.25, 0.3) is 0 Å². The monoisotopic (exact) mass is 399 g/mol. The maximum absolute atomic E-state index is 12.7. The van der Waals surface area contributed by atoms with E-state index in [1.54, 1.807) is 20.8 Å². The Hall–Kier alpha value is -2.33. The van der Waals surface area contributed by atoms with Crippen molar-refractivity contribution in [2.45, 2.75) is 50.8 Å². The van der Waals surface area contributed by atoms with Crippen LogP contribution in [0, 0.1) is 29.1 Å². The predicted molar refractivity (Wildman–Crippen MR) is 109 cm³/mol. The Morgan fingerprint density at radius 1 is 1.36 bits per heavy atom. The van der Waals surface area contributed by atoms with Crippen molar-refractivity contribution < 1.29 is 12.9 Å². The number of hydrogen-bond donors (Lipinski definition) is 2. The van der Waals surface area contributed by atoms with Gasteiger partial charge >= 0.3 is 0 Å². The lowest BCUT2D eigenvalue weighted by Crippen LogP contribution is -2.66. The summed E-state index contributed by atoms with van der Waals surface area (Å²) in [5.41, 5.74) is 1.94. The van der Waals surface area contributed by atoms with Gasteiger partial charge in [0, 0.05) is 10.9 Å². The van der Waals surface area contributed by atoms with Gasteiger partial charge < -0.3 is 9.84 Å². The molecule has 2 aromatic rings. The number of aromatic nitrogens is 1. The normalized spacial score (nSPS) is 30.4. The van der Waals surface area contributed by atoms with Crippen molar-refractivity contribution in [3.05, 3.63) is 29.5 Å². The number of rotatable bonds is 3. The van der Waals surface area contributed by atoms with Crippen LogP contribution in [0.3, 0.4) is 0 Å². The predicted octanol–water partition coefficient (Wildman–Crippen LogP) is 2.91. The molecule has 1 unspecified atom stereocenters. The highest BCUT2D eigenvalue weighted by Gasteiger charge is 2.58. The Morgan fingerprint density at radius 3 is 2.79 bits per heavy atom. The molecule has 1 saturated carbocycles. The van der Waals surface area contributed by atoms with E-state index in [4.69, 9.17) is 9.93 Å². The standard InChI is InChI=1S/C21H25N3O3S/c1-5-6-13-7-8-18-15(9-13)17(24-27-18)11-14-10-16(14)21(4)12-28(25,26)20(2,3)19(22)23-21/h7-9,14,16H,10-12H2,1-4H3,(H2,22,23)/t14-,16-,21?/m1/s1. The number of sulfone groups is 1. The minimum absolute atomic E-state index is 0.0480. The first kappa shape index (κ1) is 19.0. The second-order valence-electron chi connectivity index (χ2n) is 8.71. The Bertz CT molecular complexity index is 1140. The van der Waals surface area contributed by atoms with Gasteiger partial charge in [-0.3, -0.25) is 5.41 Å². The molecular weight excluding hydrogens is 374 g/mol. The van der Waals surface area contributed by atoms with Crippen molar-refractivity contribution in [1.82, 2.24) is 10.5 Å². The summed E-state index contributed by atoms with van der Waals surface area (Å²) >= 11 is 0. The number of nitrogens with one attached hydrogen (secondary N) is 2. The first-order valence-corrected chi connectivity index (χ1v) is 11.1. The molecule has 7 heteroatoms. The summed E-state index contributed by atoms with van der Waals surface area (Å²) in [7, 11) is -3.39. The fraction of sp³-hybridized carbons (Fsp3) is 0.524. The molecule has 1 aromatic heterocycles. The summed E-state index contributed by atoms with van der Waals surface area (Å²) in [6.07, 6.45) is 1.64. The van der Waals surface area contributed by atoms with E-state index in [0.717, 1.165) is 35.1 Å². The molecule has 148 valence electrons. The molecule has 0 spiro atoms. The van der Waals surface area contributed by atoms with Crippen molar-refractivity contribution in [2.75, 3.05) is 5.75 Å². The maximum atomic E-state index is 12.7. The molecule has 6 nitrogen and oxygen atoms in total. The molecule has 2 aliphatic rings. The van der Waals surface area contributed by atoms with Gasteiger partial charge in [-0.2, -0.15) is 0 Å². The number of fused-ring (bicyclic) bond motifs is 1. The van der Waals surface area contributed by atoms with Crippen molar-refractivity contribution in [1.29, 1.82) is 5.41 Å². The molecule has 0 bridgehead atoms. The molecule has 2 N–H and O–H groups in total. The fourth-order valence-corrected chi connectivity index (χ4v) is 6.06. The van der Waals surface area contributed by atoms with Gasteiger partial charge in [-0.25, -0.2) is 8.42 Å². The van der Waals surface area contributed by atoms with Crippen LogP contribution in [0.1, 0.15) is 45.4 Å². The Labute approximate surface area is 165 Å². The quantitative estimate of drug-likeness (QED) is 0.774. The third-order valence-corrected chi connectivity index (χ3v) is 9.03. The van der Waals surface area contributed by atoms with Crippen molar-refractivity contribution in [2.24, 2.45) is 11.8 Å². The third-order valence-electron chi connectivity index (χ3n) is 6.29. The lowest BCUT2D eigenvalue weighted by Gasteiger charge is -2.43. The highest BCUT2D eigenvalue weighted by Crippen LogP contribution is 2.51. The van der Waals surface area contributed by atoms with Gasteiger partial charge in [0.1, 0.15) is 10.6 Å². The number of nitrogens with zero attached hydrogens (tertiary/aromatic N) is 1. The highest BCUT2D eigenvalue weighted by atomic mass is 32.2. The van der Waals surface area contributed by atoms with Crippen molar-refractivity contribution >= 4 is 26.6 Å². The van der Waals surface area contributed by atoms with Crippen LogP contribution < -0.4 is 5.32 Å². The van der Waals surface area contributed by atoms with E-state index >= 15 is 0 Å². The molecule has 28 heavy (non-hydrogen) atoms. The zero-order valence-corrected chi connectivity index (χ0v) is 17.4. The first-order chi connectivity index (χ1) is 13.1. The van der Waals surface area contributed by atoms with E-state index in [1.807, 2.05) is 25.1 Å². The van der Waals surface area contributed by atoms with Gasteiger partial charge in [0.15, 0.2) is 15.4 Å². The molecule has 1 saturated heterocycles. The number of hydrogen-bond acceptors (Lipinski definition) is 5. The van der Waals surface area contributed by atoms with Crippen LogP contribution in [0.15, 0.2) is 22.7 Å². The van der Waals surface area contributed by atoms with Crippen LogP contribution in [0.2, 0.25) is 0 Å². The average Bonchev–Trinajstić information content (AvgIpc) is 3.28. The summed E-state index contributed by atoms with van der Waals surface area (Å²) in [6, 6.07) is 5.80. The van der Waals surface area contributed by atoms with Crippen LogP contribution in [0.4, 0.5) is 0 Å². The molecule has 3 atom stereocenters. The highest BCUT2D eigenvalue weighted by molar-refractivity contribution is 7.93. The molecule has 4 rings (SSSR count). The van der Waals surface area contributed by atoms with E-state index in [-0.39, 0.29) is 17.5 Å². The summed E-state index contributed by atoms with van der Waals surface area (Å²) in [6.45, 7) is 6.92. The van der Waals surface area contributed by atoms with E-state index in [0.29, 0.717) is 5.92 Å². The van der Waals surface area contributed by atoms with E-state index in [9.17, 15) is 8.42 Å². The van der Waals surface area contributed by atoms with Gasteiger partial charge in [-0.05, 0) is 70.6 Å². The maximum Gasteiger partial charge on any atom is 0.167 e. The third kappa shape index (κ3) is 2.91. The van der Waals surface area contributed by atoms with E-state index < -0.39 is 20.1 Å². The van der Waals surface area contributed by atoms with Crippen LogP contribution >= 0.6 is 0 Å². The SMILES string of the molecule is CC#Cc1ccc2onc(C[C@H]3C[C@H]3C3(C)CS(=O)(=O)C(C)(C)C(=N)N3)c2c1. The van der Waals surface area contributed by atoms with Gasteiger partial charge in [-0.1, -0.05) is 11.1 Å². The number of amidine groups is 1. The van der Waals surface area contributed by atoms with Crippen LogP contribution in [0.5, 0.6) is 0 Å². The van der Waals surface area contributed by atoms with E-state index in [1.165, 1.54) is 0 Å². The van der Waals surface area contributed by atoms with E-state index in [2.05, 4.69) is 22.3 Å². The minimum Gasteiger partial charge on any atom is -0.366 e. The first-order valence-electron chi connectivity index (χ1n) is 9.48. The largest absolute Gasteiger partial charge is 0.366 e. The molecule has 2 fully saturated rings. The Morgan fingerprint density at radius 2 is 2.11 bits per heavy atom. The lowest BCUT2D eigenvalue weighted by molar-refractivity contribution is 0.358. The van der Waals surface area contributed by atoms with Crippen LogP contribution in [0.25, 0.3) is 11.0 Å². The summed E-state index contributed by atoms with van der Waals surface area (Å²) in [4.78, 5) is 0. The van der Waals surface area contributed by atoms with Gasteiger partial charge in [0.05, 0.1) is 17.0 Å². The summed E-state index contributed by atoms with van der Waals surface area (Å²) in [5, 5.41) is 16.6. The van der Waals surface area contributed by atoms with Crippen molar-refractivity contribution in [3.63, 3.8) is 0 Å². The Balaban J connectivity index is 1.55. The molecule has 2 heterocycles. The molecule has 1 aliphatic carbocycles. The number of benzene rings is 1. The zero-order valence-electron chi connectivity index (χ0n) is 16.6. The zero-order chi connectivity index (χ0) is 20.3. The summed E-state index contributed by atoms with van der Waals surface area (Å²) in [5.74, 6) is 6.59. The Kier molecular flexibility index (Phi) is 4.13.